The van der Waals surface area contributed by atoms with E-state index in [1.165, 1.54) is 49.7 Å². The van der Waals surface area contributed by atoms with Crippen LogP contribution < -0.4 is 0 Å². The average molecular weight is 667 g/mol. The summed E-state index contributed by atoms with van der Waals surface area (Å²) in [5, 5.41) is 26.7. The van der Waals surface area contributed by atoms with Gasteiger partial charge in [0.25, 0.3) is 0 Å². The maximum Gasteiger partial charge on any atom is 0.145 e. The van der Waals surface area contributed by atoms with Gasteiger partial charge in [0.15, 0.2) is 0 Å². The number of aromatic amines is 1. The summed E-state index contributed by atoms with van der Waals surface area (Å²) in [6.07, 6.45) is 21.2. The molecule has 2 aliphatic rings. The zero-order valence-corrected chi connectivity index (χ0v) is 29.7. The summed E-state index contributed by atoms with van der Waals surface area (Å²) in [6.45, 7) is 8.34. The van der Waals surface area contributed by atoms with E-state index in [0.29, 0.717) is 18.6 Å². The first-order valence-corrected chi connectivity index (χ1v) is 21.9. The molecule has 2 saturated carbocycles. The Morgan fingerprint density at radius 3 is 2.00 bits per heavy atom. The van der Waals surface area contributed by atoms with Crippen molar-refractivity contribution >= 4 is 41.2 Å². The second-order valence-electron chi connectivity index (χ2n) is 15.7. The molecule has 9 nitrogen and oxygen atoms in total. The number of rotatable bonds is 10. The summed E-state index contributed by atoms with van der Waals surface area (Å²) in [6, 6.07) is 5.36. The highest BCUT2D eigenvalue weighted by atomic mass is 28.3. The van der Waals surface area contributed by atoms with Crippen molar-refractivity contribution < 1.29 is 14.9 Å². The van der Waals surface area contributed by atoms with Crippen LogP contribution in [0.1, 0.15) is 111 Å². The van der Waals surface area contributed by atoms with Crippen LogP contribution in [0.2, 0.25) is 25.7 Å². The maximum absolute atomic E-state index is 12.3. The molecule has 48 heavy (non-hydrogen) atoms. The van der Waals surface area contributed by atoms with Gasteiger partial charge in [0.2, 0.25) is 0 Å². The Morgan fingerprint density at radius 2 is 1.40 bits per heavy atom. The largest absolute Gasteiger partial charge is 0.385 e. The highest BCUT2D eigenvalue weighted by molar-refractivity contribution is 6.76. The number of H-pyrrole nitrogens is 1. The lowest BCUT2D eigenvalue weighted by Gasteiger charge is -2.27. The summed E-state index contributed by atoms with van der Waals surface area (Å²) < 4.78 is 12.4. The van der Waals surface area contributed by atoms with E-state index in [1.54, 1.807) is 0 Å². The highest BCUT2D eigenvalue weighted by Gasteiger charge is 2.35. The van der Waals surface area contributed by atoms with Gasteiger partial charge in [-0.25, -0.2) is 9.97 Å². The van der Waals surface area contributed by atoms with Gasteiger partial charge in [-0.3, -0.25) is 0 Å². The molecule has 6 aromatic heterocycles. The smallest absolute Gasteiger partial charge is 0.145 e. The number of aliphatic hydroxyl groups is 2. The lowest BCUT2D eigenvalue weighted by molar-refractivity contribution is 0.0158. The molecule has 10 heteroatoms. The van der Waals surface area contributed by atoms with Crippen molar-refractivity contribution in [1.29, 1.82) is 0 Å². The summed E-state index contributed by atoms with van der Waals surface area (Å²) >= 11 is 0. The van der Waals surface area contributed by atoms with Crippen LogP contribution in [0.5, 0.6) is 0 Å². The van der Waals surface area contributed by atoms with Gasteiger partial charge in [-0.1, -0.05) is 58.2 Å². The number of nitrogens with one attached hydrogen (secondary N) is 1. The Labute approximate surface area is 283 Å². The molecule has 0 aliphatic heterocycles. The Kier molecular flexibility index (Phi) is 8.47. The van der Waals surface area contributed by atoms with Crippen LogP contribution in [0.15, 0.2) is 49.6 Å². The molecule has 2 unspecified atom stereocenters. The van der Waals surface area contributed by atoms with E-state index in [-0.39, 0.29) is 0 Å². The van der Waals surface area contributed by atoms with Gasteiger partial charge in [0.05, 0.1) is 11.0 Å². The van der Waals surface area contributed by atoms with Gasteiger partial charge < -0.3 is 33.3 Å². The minimum atomic E-state index is -1.17. The summed E-state index contributed by atoms with van der Waals surface area (Å²) in [7, 11) is -1.17. The molecule has 0 amide bonds. The SMILES string of the molecule is C[Si](C)(C)CCOCn1ccc2c1ncn1cc(C(O)C(O)c3cn4cnc5[nH]ccc5c4c3C3CCCCC3)c(C3CCCCC3)c21. The second-order valence-corrected chi connectivity index (χ2v) is 21.3. The molecule has 0 aromatic carbocycles. The van der Waals surface area contributed by atoms with Crippen molar-refractivity contribution in [3.8, 4) is 0 Å². The van der Waals surface area contributed by atoms with Gasteiger partial charge in [-0.15, -0.1) is 0 Å². The third-order valence-electron chi connectivity index (χ3n) is 11.2. The molecule has 2 atom stereocenters. The number of nitrogens with zero attached hydrogens (tertiary/aromatic N) is 5. The average Bonchev–Trinajstić information content (AvgIpc) is 3.89. The molecular weight excluding hydrogens is 617 g/mol. The summed E-state index contributed by atoms with van der Waals surface area (Å²) in [5.41, 5.74) is 7.92. The first-order chi connectivity index (χ1) is 23.3. The fourth-order valence-electron chi connectivity index (χ4n) is 8.66. The Morgan fingerprint density at radius 1 is 0.812 bits per heavy atom. The van der Waals surface area contributed by atoms with Gasteiger partial charge in [-0.05, 0) is 66.8 Å². The van der Waals surface area contributed by atoms with E-state index in [1.807, 2.05) is 31.2 Å². The standard InChI is InChI=1S/C38H50N6O3Si/c1-48(2,3)19-18-47-24-42-17-15-28-34-32(26-12-8-5-9-13-26)30(21-44(34)23-41-38(28)42)36(46)35(45)29-20-43-22-40-37-27(14-16-39-37)33(43)31(29)25-10-6-4-7-11-25/h14-17,20-23,25-26,35-36,39,45-46H,4-13,18-19,24H2,1-3H3. The summed E-state index contributed by atoms with van der Waals surface area (Å²) in [4.78, 5) is 12.8. The molecule has 6 aromatic rings. The van der Waals surface area contributed by atoms with Crippen molar-refractivity contribution in [3.05, 3.63) is 71.8 Å². The normalized spacial score (nSPS) is 18.5. The molecule has 0 saturated heterocycles. The van der Waals surface area contributed by atoms with Crippen LogP contribution in [0.3, 0.4) is 0 Å². The second kappa shape index (κ2) is 12.8. The van der Waals surface area contributed by atoms with Crippen LogP contribution in [-0.2, 0) is 11.5 Å². The van der Waals surface area contributed by atoms with E-state index >= 15 is 0 Å². The number of hydrogen-bond donors (Lipinski definition) is 3. The topological polar surface area (TPSA) is 105 Å². The fraction of sp³-hybridized carbons (Fsp3) is 0.526. The van der Waals surface area contributed by atoms with Crippen molar-refractivity contribution in [2.45, 2.75) is 121 Å². The number of ether oxygens (including phenoxy) is 1. The van der Waals surface area contributed by atoms with Gasteiger partial charge in [0, 0.05) is 61.4 Å². The van der Waals surface area contributed by atoms with E-state index in [4.69, 9.17) is 9.72 Å². The van der Waals surface area contributed by atoms with Crippen LogP contribution in [0.4, 0.5) is 0 Å². The predicted octanol–water partition coefficient (Wildman–Crippen LogP) is 8.59. The molecule has 0 bridgehead atoms. The maximum atomic E-state index is 12.3. The van der Waals surface area contributed by atoms with Crippen LogP contribution in [0, 0.1) is 0 Å². The minimum Gasteiger partial charge on any atom is -0.385 e. The van der Waals surface area contributed by atoms with Gasteiger partial charge in [0.1, 0.15) is 42.9 Å². The van der Waals surface area contributed by atoms with Crippen LogP contribution >= 0.6 is 0 Å². The monoisotopic (exact) mass is 666 g/mol. The third-order valence-corrected chi connectivity index (χ3v) is 12.9. The molecule has 0 spiro atoms. The zero-order chi connectivity index (χ0) is 33.0. The molecule has 6 heterocycles. The first kappa shape index (κ1) is 31.8. The predicted molar refractivity (Wildman–Crippen MR) is 193 cm³/mol. The number of aliphatic hydroxyl groups excluding tert-OH is 2. The van der Waals surface area contributed by atoms with E-state index < -0.39 is 20.3 Å². The molecule has 2 fully saturated rings. The molecule has 0 radical (unpaired) electrons. The third kappa shape index (κ3) is 5.70. The fourth-order valence-corrected chi connectivity index (χ4v) is 9.41. The van der Waals surface area contributed by atoms with Crippen molar-refractivity contribution in [2.24, 2.45) is 0 Å². The quantitative estimate of drug-likeness (QED) is 0.100. The van der Waals surface area contributed by atoms with Gasteiger partial charge in [-0.2, -0.15) is 0 Å². The lowest BCUT2D eigenvalue weighted by Crippen LogP contribution is -2.22. The van der Waals surface area contributed by atoms with Crippen molar-refractivity contribution in [1.82, 2.24) is 28.3 Å². The number of aromatic nitrogens is 6. The number of fused-ring (bicyclic) bond motifs is 6. The zero-order valence-electron chi connectivity index (χ0n) is 28.7. The summed E-state index contributed by atoms with van der Waals surface area (Å²) in [5.74, 6) is 0.653. The Bertz CT molecular complexity index is 2050. The number of hydrogen-bond acceptors (Lipinski definition) is 5. The van der Waals surface area contributed by atoms with Crippen LogP contribution in [0.25, 0.3) is 33.1 Å². The highest BCUT2D eigenvalue weighted by Crippen LogP contribution is 2.47. The molecule has 3 N–H and O–H groups in total. The van der Waals surface area contributed by atoms with Crippen molar-refractivity contribution in [3.63, 3.8) is 0 Å². The van der Waals surface area contributed by atoms with Gasteiger partial charge >= 0.3 is 0 Å². The molecule has 254 valence electrons. The van der Waals surface area contributed by atoms with E-state index in [9.17, 15) is 10.2 Å². The minimum absolute atomic E-state index is 0.317. The Balaban J connectivity index is 1.22. The van der Waals surface area contributed by atoms with Crippen molar-refractivity contribution in [2.75, 3.05) is 6.61 Å². The lowest BCUT2D eigenvalue weighted by atomic mass is 9.79. The first-order valence-electron chi connectivity index (χ1n) is 18.2. The van der Waals surface area contributed by atoms with Crippen LogP contribution in [-0.4, -0.2) is 53.2 Å². The molecule has 2 aliphatic carbocycles. The Hall–Kier alpha value is -3.44. The molecular formula is C38H50N6O3Si. The van der Waals surface area contributed by atoms with E-state index in [2.05, 4.69) is 61.3 Å². The molecule has 8 rings (SSSR count). The van der Waals surface area contributed by atoms with E-state index in [0.717, 1.165) is 82.6 Å².